The monoisotopic (exact) mass is 364 g/mol. The average Bonchev–Trinajstić information content (AvgIpc) is 2.72. The summed E-state index contributed by atoms with van der Waals surface area (Å²) in [4.78, 5) is 8.73. The van der Waals surface area contributed by atoms with E-state index in [4.69, 9.17) is 0 Å². The van der Waals surface area contributed by atoms with Gasteiger partial charge in [-0.1, -0.05) is 50.9 Å². The van der Waals surface area contributed by atoms with Gasteiger partial charge < -0.3 is 0 Å². The van der Waals surface area contributed by atoms with Gasteiger partial charge in [0.2, 0.25) is 0 Å². The molecular weight excluding hydrogens is 335 g/mol. The number of rotatable bonds is 6. The zero-order chi connectivity index (χ0) is 18.9. The summed E-state index contributed by atoms with van der Waals surface area (Å²) >= 11 is 0. The van der Waals surface area contributed by atoms with E-state index in [0.29, 0.717) is 11.7 Å². The van der Waals surface area contributed by atoms with E-state index in [1.807, 2.05) is 0 Å². The Bertz CT molecular complexity index is 748. The number of nitrogens with zero attached hydrogens (tertiary/aromatic N) is 2. The minimum absolute atomic E-state index is 0.253. The van der Waals surface area contributed by atoms with Crippen LogP contribution in [0.4, 0.5) is 4.39 Å². The maximum Gasteiger partial charge on any atom is 0.159 e. The van der Waals surface area contributed by atoms with E-state index >= 15 is 0 Å². The normalized spacial score (nSPS) is 19.3. The highest BCUT2D eigenvalue weighted by Crippen LogP contribution is 2.31. The standard InChI is InChI=1S/C24H29FN2/c1-2-3-4-5-6-19-7-9-20(10-8-19)11-12-21-17-26-24(27-18-21)22-13-15-23(25)16-14-22/h13-20H,2-10H2,1H3/t19-,20-. The lowest BCUT2D eigenvalue weighted by Crippen LogP contribution is -2.13. The van der Waals surface area contributed by atoms with Crippen molar-refractivity contribution >= 4 is 0 Å². The summed E-state index contributed by atoms with van der Waals surface area (Å²) in [6.45, 7) is 2.27. The van der Waals surface area contributed by atoms with Crippen molar-refractivity contribution in [3.8, 4) is 23.2 Å². The largest absolute Gasteiger partial charge is 0.235 e. The van der Waals surface area contributed by atoms with Crippen molar-refractivity contribution in [1.29, 1.82) is 0 Å². The SMILES string of the molecule is CCCCCC[C@H]1CC[C@H](C#Cc2cnc(-c3ccc(F)cc3)nc2)CC1. The van der Waals surface area contributed by atoms with Crippen LogP contribution in [0.25, 0.3) is 11.4 Å². The number of halogens is 1. The van der Waals surface area contributed by atoms with E-state index in [-0.39, 0.29) is 5.82 Å². The fraction of sp³-hybridized carbons (Fsp3) is 0.500. The Morgan fingerprint density at radius 1 is 0.963 bits per heavy atom. The summed E-state index contributed by atoms with van der Waals surface area (Å²) in [7, 11) is 0. The fourth-order valence-electron chi connectivity index (χ4n) is 3.78. The molecule has 0 saturated heterocycles. The van der Waals surface area contributed by atoms with Crippen LogP contribution in [-0.4, -0.2) is 9.97 Å². The molecule has 3 heteroatoms. The van der Waals surface area contributed by atoms with E-state index in [9.17, 15) is 4.39 Å². The highest BCUT2D eigenvalue weighted by Gasteiger charge is 2.19. The summed E-state index contributed by atoms with van der Waals surface area (Å²) in [6.07, 6.45) is 15.5. The van der Waals surface area contributed by atoms with E-state index in [1.54, 1.807) is 24.5 Å². The van der Waals surface area contributed by atoms with Gasteiger partial charge in [-0.3, -0.25) is 0 Å². The first kappa shape index (κ1) is 19.5. The molecule has 1 aromatic heterocycles. The van der Waals surface area contributed by atoms with Gasteiger partial charge in [-0.2, -0.15) is 0 Å². The molecule has 0 N–H and O–H groups in total. The number of benzene rings is 1. The van der Waals surface area contributed by atoms with Gasteiger partial charge in [0.05, 0.1) is 5.56 Å². The molecule has 2 nitrogen and oxygen atoms in total. The lowest BCUT2D eigenvalue weighted by atomic mass is 9.80. The van der Waals surface area contributed by atoms with Gasteiger partial charge in [-0.05, 0) is 55.9 Å². The lowest BCUT2D eigenvalue weighted by molar-refractivity contribution is 0.294. The summed E-state index contributed by atoms with van der Waals surface area (Å²) in [5.74, 6) is 8.44. The number of aromatic nitrogens is 2. The highest BCUT2D eigenvalue weighted by atomic mass is 19.1. The Morgan fingerprint density at radius 3 is 2.33 bits per heavy atom. The number of unbranched alkanes of at least 4 members (excludes halogenated alkanes) is 3. The zero-order valence-corrected chi connectivity index (χ0v) is 16.3. The maximum absolute atomic E-state index is 13.0. The van der Waals surface area contributed by atoms with Crippen molar-refractivity contribution in [2.45, 2.75) is 64.7 Å². The smallest absolute Gasteiger partial charge is 0.159 e. The molecule has 1 saturated carbocycles. The Morgan fingerprint density at radius 2 is 1.67 bits per heavy atom. The first-order valence-electron chi connectivity index (χ1n) is 10.3. The topological polar surface area (TPSA) is 25.8 Å². The van der Waals surface area contributed by atoms with Crippen LogP contribution >= 0.6 is 0 Å². The van der Waals surface area contributed by atoms with Gasteiger partial charge in [-0.25, -0.2) is 14.4 Å². The molecule has 0 unspecified atom stereocenters. The molecule has 3 rings (SSSR count). The second-order valence-electron chi connectivity index (χ2n) is 7.64. The number of hydrogen-bond donors (Lipinski definition) is 0. The van der Waals surface area contributed by atoms with Crippen LogP contribution in [-0.2, 0) is 0 Å². The molecule has 2 aromatic rings. The van der Waals surface area contributed by atoms with E-state index in [0.717, 1.165) is 17.0 Å². The van der Waals surface area contributed by atoms with Crippen LogP contribution in [0, 0.1) is 29.5 Å². The molecule has 27 heavy (non-hydrogen) atoms. The highest BCUT2D eigenvalue weighted by molar-refractivity contribution is 5.54. The quantitative estimate of drug-likeness (QED) is 0.437. The van der Waals surface area contributed by atoms with Gasteiger partial charge >= 0.3 is 0 Å². The molecule has 0 radical (unpaired) electrons. The van der Waals surface area contributed by atoms with Gasteiger partial charge in [-0.15, -0.1) is 0 Å². The van der Waals surface area contributed by atoms with Crippen LogP contribution in [0.5, 0.6) is 0 Å². The second kappa shape index (κ2) is 10.2. The predicted molar refractivity (Wildman–Crippen MR) is 109 cm³/mol. The van der Waals surface area contributed by atoms with Crippen LogP contribution in [0.1, 0.15) is 70.3 Å². The molecule has 0 atom stereocenters. The summed E-state index contributed by atoms with van der Waals surface area (Å²) in [6, 6.07) is 6.23. The number of hydrogen-bond acceptors (Lipinski definition) is 2. The third-order valence-electron chi connectivity index (χ3n) is 5.49. The Balaban J connectivity index is 1.48. The molecule has 0 spiro atoms. The van der Waals surface area contributed by atoms with Crippen molar-refractivity contribution in [3.63, 3.8) is 0 Å². The molecule has 1 aromatic carbocycles. The average molecular weight is 365 g/mol. The molecule has 0 amide bonds. The minimum atomic E-state index is -0.253. The lowest BCUT2D eigenvalue weighted by Gasteiger charge is -2.25. The Kier molecular flexibility index (Phi) is 7.39. The molecule has 1 aliphatic carbocycles. The fourth-order valence-corrected chi connectivity index (χ4v) is 3.78. The van der Waals surface area contributed by atoms with Gasteiger partial charge in [0.1, 0.15) is 5.82 Å². The van der Waals surface area contributed by atoms with Crippen molar-refractivity contribution in [3.05, 3.63) is 48.0 Å². The molecule has 1 aliphatic rings. The zero-order valence-electron chi connectivity index (χ0n) is 16.3. The Labute approximate surface area is 162 Å². The summed E-state index contributed by atoms with van der Waals surface area (Å²) < 4.78 is 13.0. The third kappa shape index (κ3) is 6.17. The molecule has 1 heterocycles. The van der Waals surface area contributed by atoms with Gasteiger partial charge in [0.25, 0.3) is 0 Å². The second-order valence-corrected chi connectivity index (χ2v) is 7.64. The van der Waals surface area contributed by atoms with E-state index in [2.05, 4.69) is 28.7 Å². The van der Waals surface area contributed by atoms with Crippen LogP contribution < -0.4 is 0 Å². The minimum Gasteiger partial charge on any atom is -0.235 e. The molecule has 1 fully saturated rings. The molecule has 142 valence electrons. The van der Waals surface area contributed by atoms with Crippen molar-refractivity contribution in [2.75, 3.05) is 0 Å². The van der Waals surface area contributed by atoms with Gasteiger partial charge in [0, 0.05) is 23.9 Å². The predicted octanol–water partition coefficient (Wildman–Crippen LogP) is 6.41. The van der Waals surface area contributed by atoms with Crippen LogP contribution in [0.15, 0.2) is 36.7 Å². The van der Waals surface area contributed by atoms with Crippen LogP contribution in [0.2, 0.25) is 0 Å². The van der Waals surface area contributed by atoms with E-state index < -0.39 is 0 Å². The van der Waals surface area contributed by atoms with Crippen molar-refractivity contribution in [2.24, 2.45) is 11.8 Å². The van der Waals surface area contributed by atoms with Gasteiger partial charge in [0.15, 0.2) is 5.82 Å². The Hall–Kier alpha value is -2.21. The first-order chi connectivity index (χ1) is 13.2. The summed E-state index contributed by atoms with van der Waals surface area (Å²) in [5.41, 5.74) is 1.66. The molecular formula is C24H29FN2. The first-order valence-corrected chi connectivity index (χ1v) is 10.3. The van der Waals surface area contributed by atoms with Crippen molar-refractivity contribution < 1.29 is 4.39 Å². The van der Waals surface area contributed by atoms with Crippen LogP contribution in [0.3, 0.4) is 0 Å². The third-order valence-corrected chi connectivity index (χ3v) is 5.49. The summed E-state index contributed by atoms with van der Waals surface area (Å²) in [5, 5.41) is 0. The van der Waals surface area contributed by atoms with Crippen molar-refractivity contribution in [1.82, 2.24) is 9.97 Å². The maximum atomic E-state index is 13.0. The van der Waals surface area contributed by atoms with E-state index in [1.165, 1.54) is 69.9 Å². The molecule has 0 aliphatic heterocycles. The molecule has 0 bridgehead atoms.